The van der Waals surface area contributed by atoms with Gasteiger partial charge in [-0.15, -0.1) is 0 Å². The summed E-state index contributed by atoms with van der Waals surface area (Å²) in [6, 6.07) is 3.07. The van der Waals surface area contributed by atoms with E-state index in [1.165, 1.54) is 6.07 Å². The molecule has 2 rings (SSSR count). The number of fused-ring (bicyclic) bond motifs is 1. The van der Waals surface area contributed by atoms with Gasteiger partial charge in [0.25, 0.3) is 5.69 Å². The Morgan fingerprint density at radius 1 is 1.42 bits per heavy atom. The summed E-state index contributed by atoms with van der Waals surface area (Å²) >= 11 is 0. The van der Waals surface area contributed by atoms with Gasteiger partial charge in [-0.25, -0.2) is 0 Å². The second-order valence-electron chi connectivity index (χ2n) is 5.56. The first-order chi connectivity index (χ1) is 8.87. The Kier molecular flexibility index (Phi) is 3.73. The molecule has 1 aliphatic heterocycles. The van der Waals surface area contributed by atoms with Gasteiger partial charge in [0.15, 0.2) is 6.79 Å². The third kappa shape index (κ3) is 3.42. The SMILES string of the molecule is CC(C)(C)NCc1cc([N+](=O)[O-])cc2c1OCOC2. The van der Waals surface area contributed by atoms with Crippen molar-refractivity contribution in [2.45, 2.75) is 39.5 Å². The lowest BCUT2D eigenvalue weighted by molar-refractivity contribution is -0.385. The summed E-state index contributed by atoms with van der Waals surface area (Å²) in [6.07, 6.45) is 0. The molecule has 0 aromatic heterocycles. The van der Waals surface area contributed by atoms with Crippen LogP contribution in [0.5, 0.6) is 5.75 Å². The van der Waals surface area contributed by atoms with Gasteiger partial charge in [-0.2, -0.15) is 0 Å². The highest BCUT2D eigenvalue weighted by Crippen LogP contribution is 2.32. The van der Waals surface area contributed by atoms with E-state index < -0.39 is 4.92 Å². The molecule has 0 saturated carbocycles. The minimum absolute atomic E-state index is 0.0668. The molecule has 1 aromatic rings. The predicted octanol–water partition coefficient (Wildman–Crippen LogP) is 2.35. The average molecular weight is 266 g/mol. The minimum Gasteiger partial charge on any atom is -0.467 e. The van der Waals surface area contributed by atoms with E-state index in [0.29, 0.717) is 18.9 Å². The van der Waals surface area contributed by atoms with Crippen LogP contribution < -0.4 is 10.1 Å². The van der Waals surface area contributed by atoms with Gasteiger partial charge in [-0.1, -0.05) is 0 Å². The zero-order valence-corrected chi connectivity index (χ0v) is 11.4. The van der Waals surface area contributed by atoms with Gasteiger partial charge in [0.1, 0.15) is 5.75 Å². The number of hydrogen-bond donors (Lipinski definition) is 1. The topological polar surface area (TPSA) is 73.6 Å². The summed E-state index contributed by atoms with van der Waals surface area (Å²) in [5, 5.41) is 14.3. The van der Waals surface area contributed by atoms with Gasteiger partial charge < -0.3 is 14.8 Å². The number of nitrogens with zero attached hydrogens (tertiary/aromatic N) is 1. The monoisotopic (exact) mass is 266 g/mol. The van der Waals surface area contributed by atoms with Crippen LogP contribution in [0.4, 0.5) is 5.69 Å². The second kappa shape index (κ2) is 5.14. The summed E-state index contributed by atoms with van der Waals surface area (Å²) in [5.74, 6) is 0.702. The molecule has 1 N–H and O–H groups in total. The van der Waals surface area contributed by atoms with Gasteiger partial charge in [-0.3, -0.25) is 10.1 Å². The summed E-state index contributed by atoms with van der Waals surface area (Å²) < 4.78 is 10.6. The molecule has 1 aromatic carbocycles. The molecule has 6 heteroatoms. The molecular formula is C13H18N2O4. The number of nitrogens with one attached hydrogen (secondary N) is 1. The number of benzene rings is 1. The van der Waals surface area contributed by atoms with Crippen LogP contribution in [0.1, 0.15) is 31.9 Å². The lowest BCUT2D eigenvalue weighted by Crippen LogP contribution is -2.35. The second-order valence-corrected chi connectivity index (χ2v) is 5.56. The molecule has 6 nitrogen and oxygen atoms in total. The molecule has 0 fully saturated rings. The Hall–Kier alpha value is -1.66. The van der Waals surface area contributed by atoms with E-state index in [1.807, 2.05) is 20.8 Å². The summed E-state index contributed by atoms with van der Waals surface area (Å²) in [7, 11) is 0. The molecule has 0 bridgehead atoms. The third-order valence-electron chi connectivity index (χ3n) is 2.79. The first-order valence-electron chi connectivity index (χ1n) is 6.12. The van der Waals surface area contributed by atoms with E-state index in [2.05, 4.69) is 5.32 Å². The van der Waals surface area contributed by atoms with Crippen LogP contribution in [0.25, 0.3) is 0 Å². The molecule has 1 aliphatic rings. The van der Waals surface area contributed by atoms with Crippen molar-refractivity contribution in [3.63, 3.8) is 0 Å². The van der Waals surface area contributed by atoms with Gasteiger partial charge in [0.2, 0.25) is 0 Å². The van der Waals surface area contributed by atoms with Crippen LogP contribution in [0.2, 0.25) is 0 Å². The average Bonchev–Trinajstić information content (AvgIpc) is 2.34. The highest BCUT2D eigenvalue weighted by Gasteiger charge is 2.21. The fourth-order valence-electron chi connectivity index (χ4n) is 1.88. The van der Waals surface area contributed by atoms with Crippen molar-refractivity contribution in [3.8, 4) is 5.75 Å². The predicted molar refractivity (Wildman–Crippen MR) is 70.0 cm³/mol. The lowest BCUT2D eigenvalue weighted by Gasteiger charge is -2.24. The zero-order valence-electron chi connectivity index (χ0n) is 11.4. The summed E-state index contributed by atoms with van der Waals surface area (Å²) in [6.45, 7) is 7.18. The van der Waals surface area contributed by atoms with Crippen LogP contribution >= 0.6 is 0 Å². The van der Waals surface area contributed by atoms with Gasteiger partial charge >= 0.3 is 0 Å². The Morgan fingerprint density at radius 3 is 2.79 bits per heavy atom. The largest absolute Gasteiger partial charge is 0.467 e. The molecule has 1 heterocycles. The Bertz CT molecular complexity index is 494. The fourth-order valence-corrected chi connectivity index (χ4v) is 1.88. The molecule has 0 unspecified atom stereocenters. The van der Waals surface area contributed by atoms with Crippen molar-refractivity contribution in [2.75, 3.05) is 6.79 Å². The van der Waals surface area contributed by atoms with Gasteiger partial charge in [0.05, 0.1) is 11.5 Å². The Morgan fingerprint density at radius 2 is 2.16 bits per heavy atom. The maximum absolute atomic E-state index is 10.9. The Labute approximate surface area is 111 Å². The number of nitro benzene ring substituents is 1. The first-order valence-corrected chi connectivity index (χ1v) is 6.12. The molecule has 19 heavy (non-hydrogen) atoms. The molecule has 104 valence electrons. The third-order valence-corrected chi connectivity index (χ3v) is 2.79. The van der Waals surface area contributed by atoms with E-state index in [4.69, 9.17) is 9.47 Å². The smallest absolute Gasteiger partial charge is 0.270 e. The zero-order chi connectivity index (χ0) is 14.0. The van der Waals surface area contributed by atoms with E-state index in [-0.39, 0.29) is 18.0 Å². The highest BCUT2D eigenvalue weighted by atomic mass is 16.7. The standard InChI is InChI=1S/C13H18N2O4/c1-13(2,3)14-6-9-4-11(15(16)17)5-10-7-18-8-19-12(9)10/h4-5,14H,6-8H2,1-3H3. The van der Waals surface area contributed by atoms with Crippen LogP contribution in [0.15, 0.2) is 12.1 Å². The van der Waals surface area contributed by atoms with Gasteiger partial charge in [-0.05, 0) is 20.8 Å². The quantitative estimate of drug-likeness (QED) is 0.671. The Balaban J connectivity index is 2.34. The molecule has 0 atom stereocenters. The minimum atomic E-state index is -0.393. The highest BCUT2D eigenvalue weighted by molar-refractivity contribution is 5.50. The lowest BCUT2D eigenvalue weighted by atomic mass is 10.0. The van der Waals surface area contributed by atoms with Crippen molar-refractivity contribution in [3.05, 3.63) is 33.4 Å². The number of non-ortho nitro benzene ring substituents is 1. The van der Waals surface area contributed by atoms with Gasteiger partial charge in [0, 0.05) is 35.3 Å². The van der Waals surface area contributed by atoms with E-state index in [9.17, 15) is 10.1 Å². The maximum Gasteiger partial charge on any atom is 0.270 e. The van der Waals surface area contributed by atoms with E-state index in [0.717, 1.165) is 11.1 Å². The van der Waals surface area contributed by atoms with E-state index in [1.54, 1.807) is 6.07 Å². The molecule has 0 spiro atoms. The van der Waals surface area contributed by atoms with Crippen LogP contribution in [0, 0.1) is 10.1 Å². The number of hydrogen-bond acceptors (Lipinski definition) is 5. The van der Waals surface area contributed by atoms with Crippen LogP contribution in [0.3, 0.4) is 0 Å². The van der Waals surface area contributed by atoms with Crippen molar-refractivity contribution in [1.29, 1.82) is 0 Å². The normalized spacial score (nSPS) is 14.7. The maximum atomic E-state index is 10.9. The van der Waals surface area contributed by atoms with E-state index >= 15 is 0 Å². The van der Waals surface area contributed by atoms with Crippen LogP contribution in [-0.4, -0.2) is 17.3 Å². The van der Waals surface area contributed by atoms with Crippen molar-refractivity contribution in [2.24, 2.45) is 0 Å². The van der Waals surface area contributed by atoms with Crippen molar-refractivity contribution in [1.82, 2.24) is 5.32 Å². The summed E-state index contributed by atoms with van der Waals surface area (Å²) in [4.78, 5) is 10.6. The van der Waals surface area contributed by atoms with Crippen molar-refractivity contribution < 1.29 is 14.4 Å². The first kappa shape index (κ1) is 13.8. The molecule has 0 amide bonds. The molecular weight excluding hydrogens is 248 g/mol. The number of ether oxygens (including phenoxy) is 2. The molecule has 0 aliphatic carbocycles. The molecule has 0 saturated heterocycles. The van der Waals surface area contributed by atoms with Crippen molar-refractivity contribution >= 4 is 5.69 Å². The number of nitro groups is 1. The summed E-state index contributed by atoms with van der Waals surface area (Å²) in [5.41, 5.74) is 1.52. The molecule has 0 radical (unpaired) electrons. The number of rotatable bonds is 3. The fraction of sp³-hybridized carbons (Fsp3) is 0.538. The van der Waals surface area contributed by atoms with Crippen LogP contribution in [-0.2, 0) is 17.9 Å².